The van der Waals surface area contributed by atoms with Crippen LogP contribution in [0.3, 0.4) is 0 Å². The maximum Gasteiger partial charge on any atom is 0.296 e. The van der Waals surface area contributed by atoms with Gasteiger partial charge in [0.1, 0.15) is 26.4 Å². The molecule has 0 saturated heterocycles. The van der Waals surface area contributed by atoms with Crippen LogP contribution in [0.15, 0.2) is 31.9 Å². The third-order valence-corrected chi connectivity index (χ3v) is 1.66. The minimum Gasteiger partial charge on any atom is -0.498 e. The van der Waals surface area contributed by atoms with Gasteiger partial charge in [0.2, 0.25) is 5.88 Å². The van der Waals surface area contributed by atoms with E-state index in [1.165, 1.54) is 18.7 Å². The van der Waals surface area contributed by atoms with Crippen molar-refractivity contribution >= 4 is 0 Å². The Morgan fingerprint density at radius 1 is 1.06 bits per heavy atom. The lowest BCUT2D eigenvalue weighted by atomic mass is 10.7. The number of ether oxygens (including phenoxy) is 4. The summed E-state index contributed by atoms with van der Waals surface area (Å²) in [6, 6.07) is 0.386. The first kappa shape index (κ1) is 13.0. The Bertz CT molecular complexity index is 307. The van der Waals surface area contributed by atoms with E-state index in [1.807, 2.05) is 0 Å². The van der Waals surface area contributed by atoms with Gasteiger partial charge in [-0.2, -0.15) is 4.98 Å². The quantitative estimate of drug-likeness (QED) is 0.495. The molecule has 0 aliphatic carbocycles. The van der Waals surface area contributed by atoms with E-state index < -0.39 is 0 Å². The number of hydrogen-bond donors (Lipinski definition) is 1. The van der Waals surface area contributed by atoms with Gasteiger partial charge in [-0.3, -0.25) is 4.98 Å². The normalized spacial score (nSPS) is 9.41. The lowest BCUT2D eigenvalue weighted by Gasteiger charge is -2.03. The molecule has 0 bridgehead atoms. The van der Waals surface area contributed by atoms with Crippen molar-refractivity contribution in [2.75, 3.05) is 26.4 Å². The zero-order chi connectivity index (χ0) is 12.3. The second-order valence-corrected chi connectivity index (χ2v) is 2.82. The highest BCUT2D eigenvalue weighted by atomic mass is 16.5. The van der Waals surface area contributed by atoms with Crippen LogP contribution < -0.4 is 9.47 Å². The lowest BCUT2D eigenvalue weighted by Crippen LogP contribution is -2.05. The smallest absolute Gasteiger partial charge is 0.296 e. The molecule has 1 rings (SSSR count). The van der Waals surface area contributed by atoms with Crippen molar-refractivity contribution in [1.29, 1.82) is 0 Å². The van der Waals surface area contributed by atoms with Gasteiger partial charge in [-0.1, -0.05) is 13.2 Å². The number of rotatable bonds is 10. The minimum atomic E-state index is 0.386. The molecule has 0 aromatic carbocycles. The summed E-state index contributed by atoms with van der Waals surface area (Å²) in [5.41, 5.74) is 0. The van der Waals surface area contributed by atoms with E-state index in [9.17, 15) is 0 Å². The third-order valence-electron chi connectivity index (χ3n) is 1.66. The Kier molecular flexibility index (Phi) is 6.17. The molecular formula is C11H16N2O4. The fraction of sp³-hybridized carbons (Fsp3) is 0.364. The highest BCUT2D eigenvalue weighted by molar-refractivity contribution is 5.10. The predicted molar refractivity (Wildman–Crippen MR) is 61.9 cm³/mol. The van der Waals surface area contributed by atoms with Gasteiger partial charge in [0.05, 0.1) is 18.7 Å². The highest BCUT2D eigenvalue weighted by Crippen LogP contribution is 2.11. The third kappa shape index (κ3) is 5.50. The molecule has 1 N–H and O–H groups in total. The lowest BCUT2D eigenvalue weighted by molar-refractivity contribution is 0.168. The summed E-state index contributed by atoms with van der Waals surface area (Å²) < 4.78 is 20.3. The highest BCUT2D eigenvalue weighted by Gasteiger charge is 2.01. The summed E-state index contributed by atoms with van der Waals surface area (Å²) in [6.45, 7) is 8.50. The van der Waals surface area contributed by atoms with E-state index in [4.69, 9.17) is 18.9 Å². The summed E-state index contributed by atoms with van der Waals surface area (Å²) in [6.07, 6.45) is 4.27. The van der Waals surface area contributed by atoms with Crippen LogP contribution in [0.2, 0.25) is 0 Å². The average molecular weight is 240 g/mol. The van der Waals surface area contributed by atoms with Crippen LogP contribution in [0.4, 0.5) is 0 Å². The Hall–Kier alpha value is -2.11. The van der Waals surface area contributed by atoms with Crippen LogP contribution in [0.5, 0.6) is 11.9 Å². The van der Waals surface area contributed by atoms with E-state index in [1.54, 1.807) is 0 Å². The number of aromatic amines is 1. The van der Waals surface area contributed by atoms with E-state index in [-0.39, 0.29) is 0 Å². The van der Waals surface area contributed by atoms with Crippen molar-refractivity contribution in [3.8, 4) is 11.9 Å². The monoisotopic (exact) mass is 240 g/mol. The van der Waals surface area contributed by atoms with Gasteiger partial charge in [-0.05, 0) is 0 Å². The van der Waals surface area contributed by atoms with E-state index in [0.29, 0.717) is 38.3 Å². The number of H-pyrrole nitrogens is 1. The summed E-state index contributed by atoms with van der Waals surface area (Å²) in [4.78, 5) is 6.82. The zero-order valence-corrected chi connectivity index (χ0v) is 9.55. The fourth-order valence-electron chi connectivity index (χ4n) is 0.987. The van der Waals surface area contributed by atoms with Gasteiger partial charge in [-0.15, -0.1) is 0 Å². The van der Waals surface area contributed by atoms with Crippen LogP contribution in [-0.4, -0.2) is 36.4 Å². The molecule has 0 aliphatic heterocycles. The molecule has 0 fully saturated rings. The predicted octanol–water partition coefficient (Wildman–Crippen LogP) is 1.49. The van der Waals surface area contributed by atoms with Crippen LogP contribution in [0.25, 0.3) is 0 Å². The van der Waals surface area contributed by atoms with Gasteiger partial charge >= 0.3 is 0 Å². The second kappa shape index (κ2) is 8.09. The van der Waals surface area contributed by atoms with E-state index in [0.717, 1.165) is 0 Å². The maximum atomic E-state index is 5.30. The Balaban J connectivity index is 2.18. The van der Waals surface area contributed by atoms with Crippen LogP contribution >= 0.6 is 0 Å². The van der Waals surface area contributed by atoms with Crippen molar-refractivity contribution in [2.24, 2.45) is 0 Å². The summed E-state index contributed by atoms with van der Waals surface area (Å²) >= 11 is 0. The molecule has 94 valence electrons. The van der Waals surface area contributed by atoms with Gasteiger partial charge in [0, 0.05) is 0 Å². The second-order valence-electron chi connectivity index (χ2n) is 2.82. The average Bonchev–Trinajstić information content (AvgIpc) is 2.78. The number of aromatic nitrogens is 2. The van der Waals surface area contributed by atoms with Crippen molar-refractivity contribution in [3.63, 3.8) is 0 Å². The van der Waals surface area contributed by atoms with Crippen molar-refractivity contribution in [2.45, 2.75) is 0 Å². The first-order valence-electron chi connectivity index (χ1n) is 5.12. The SMILES string of the molecule is C=COCCOc1cnc(OCCOC=C)[nH]1. The molecule has 6 heteroatoms. The summed E-state index contributed by atoms with van der Waals surface area (Å²) in [5.74, 6) is 0.525. The molecule has 0 unspecified atom stereocenters. The van der Waals surface area contributed by atoms with Gasteiger partial charge in [-0.25, -0.2) is 0 Å². The number of imidazole rings is 1. The van der Waals surface area contributed by atoms with Gasteiger partial charge in [0.15, 0.2) is 0 Å². The van der Waals surface area contributed by atoms with Gasteiger partial charge in [0.25, 0.3) is 6.01 Å². The Morgan fingerprint density at radius 3 is 2.35 bits per heavy atom. The topological polar surface area (TPSA) is 65.6 Å². The molecule has 1 aromatic heterocycles. The molecule has 0 saturated carbocycles. The molecular weight excluding hydrogens is 224 g/mol. The van der Waals surface area contributed by atoms with Crippen LogP contribution in [0, 0.1) is 0 Å². The molecule has 0 amide bonds. The van der Waals surface area contributed by atoms with Gasteiger partial charge < -0.3 is 18.9 Å². The largest absolute Gasteiger partial charge is 0.498 e. The Labute approximate surface area is 99.9 Å². The van der Waals surface area contributed by atoms with Crippen LogP contribution in [0.1, 0.15) is 0 Å². The standard InChI is InChI=1S/C11H16N2O4/c1-3-14-5-7-16-10-9-12-11(13-10)17-8-6-15-4-2/h3-4,9H,1-2,5-8H2,(H,12,13). The fourth-order valence-corrected chi connectivity index (χ4v) is 0.987. The molecule has 6 nitrogen and oxygen atoms in total. The van der Waals surface area contributed by atoms with Crippen molar-refractivity contribution < 1.29 is 18.9 Å². The van der Waals surface area contributed by atoms with E-state index in [2.05, 4.69) is 23.1 Å². The number of nitrogens with zero attached hydrogens (tertiary/aromatic N) is 1. The molecule has 17 heavy (non-hydrogen) atoms. The molecule has 0 radical (unpaired) electrons. The first-order valence-corrected chi connectivity index (χ1v) is 5.12. The minimum absolute atomic E-state index is 0.386. The first-order chi connectivity index (χ1) is 8.36. The molecule has 1 heterocycles. The van der Waals surface area contributed by atoms with Crippen LogP contribution in [-0.2, 0) is 9.47 Å². The molecule has 0 aliphatic rings. The Morgan fingerprint density at radius 2 is 1.71 bits per heavy atom. The van der Waals surface area contributed by atoms with E-state index >= 15 is 0 Å². The maximum absolute atomic E-state index is 5.30. The molecule has 0 atom stereocenters. The summed E-state index contributed by atoms with van der Waals surface area (Å²) in [5, 5.41) is 0. The number of hydrogen-bond acceptors (Lipinski definition) is 5. The zero-order valence-electron chi connectivity index (χ0n) is 9.55. The summed E-state index contributed by atoms with van der Waals surface area (Å²) in [7, 11) is 0. The van der Waals surface area contributed by atoms with Crippen molar-refractivity contribution in [1.82, 2.24) is 9.97 Å². The molecule has 1 aromatic rings. The molecule has 0 spiro atoms. The van der Waals surface area contributed by atoms with Crippen molar-refractivity contribution in [3.05, 3.63) is 31.9 Å². The number of nitrogens with one attached hydrogen (secondary N) is 1.